The van der Waals surface area contributed by atoms with E-state index in [2.05, 4.69) is 9.88 Å². The molecule has 1 aromatic carbocycles. The van der Waals surface area contributed by atoms with Crippen molar-refractivity contribution in [1.29, 1.82) is 0 Å². The van der Waals surface area contributed by atoms with Gasteiger partial charge in [-0.2, -0.15) is 0 Å². The van der Waals surface area contributed by atoms with Crippen LogP contribution >= 0.6 is 0 Å². The Morgan fingerprint density at radius 1 is 1.03 bits per heavy atom. The van der Waals surface area contributed by atoms with Crippen LogP contribution in [0, 0.1) is 13.8 Å². The standard InChI is InChI=1S/C28H33N3O8/c1-16-20(17(2)29-22(16)28(36)38-4)24(32)21-23(18-6-8-19(9-7-18)27(35)37-3)31(26(34)25(21)33)11-5-10-30-12-14-39-15-13-30/h6-9,23,29,32H,5,10-15H2,1-4H3. The molecular weight excluding hydrogens is 506 g/mol. The third kappa shape index (κ3) is 5.45. The topological polar surface area (TPSA) is 138 Å². The van der Waals surface area contributed by atoms with E-state index in [-0.39, 0.29) is 29.1 Å². The fourth-order valence-electron chi connectivity index (χ4n) is 5.21. The molecule has 2 saturated heterocycles. The smallest absolute Gasteiger partial charge is 0.354 e. The van der Waals surface area contributed by atoms with Gasteiger partial charge in [0.15, 0.2) is 0 Å². The average molecular weight is 540 g/mol. The van der Waals surface area contributed by atoms with Crippen LogP contribution in [0.3, 0.4) is 0 Å². The molecule has 1 atom stereocenters. The number of likely N-dealkylation sites (tertiary alicyclic amines) is 1. The van der Waals surface area contributed by atoms with E-state index in [0.29, 0.717) is 42.0 Å². The Morgan fingerprint density at radius 2 is 1.67 bits per heavy atom. The van der Waals surface area contributed by atoms with Crippen molar-refractivity contribution < 1.29 is 38.5 Å². The number of methoxy groups -OCH3 is 2. The highest BCUT2D eigenvalue weighted by Gasteiger charge is 2.46. The van der Waals surface area contributed by atoms with E-state index < -0.39 is 29.7 Å². The third-order valence-electron chi connectivity index (χ3n) is 7.23. The molecule has 0 saturated carbocycles. The molecule has 2 N–H and O–H groups in total. The van der Waals surface area contributed by atoms with Crippen LogP contribution in [0.5, 0.6) is 0 Å². The zero-order chi connectivity index (χ0) is 28.3. The van der Waals surface area contributed by atoms with E-state index in [1.165, 1.54) is 19.1 Å². The Bertz CT molecular complexity index is 1300. The highest BCUT2D eigenvalue weighted by molar-refractivity contribution is 6.46. The fourth-order valence-corrected chi connectivity index (χ4v) is 5.21. The number of aliphatic hydroxyl groups is 1. The number of ether oxygens (including phenoxy) is 3. The third-order valence-corrected chi connectivity index (χ3v) is 7.23. The van der Waals surface area contributed by atoms with Gasteiger partial charge in [-0.1, -0.05) is 12.1 Å². The normalized spacial score (nSPS) is 19.4. The van der Waals surface area contributed by atoms with Gasteiger partial charge in [0.1, 0.15) is 11.5 Å². The van der Waals surface area contributed by atoms with Gasteiger partial charge in [-0.05, 0) is 43.5 Å². The first-order valence-electron chi connectivity index (χ1n) is 12.7. The van der Waals surface area contributed by atoms with Crippen molar-refractivity contribution in [3.05, 3.63) is 63.5 Å². The second-order valence-electron chi connectivity index (χ2n) is 9.53. The largest absolute Gasteiger partial charge is 0.507 e. The number of rotatable bonds is 8. The molecule has 2 aromatic rings. The summed E-state index contributed by atoms with van der Waals surface area (Å²) in [7, 11) is 2.53. The maximum absolute atomic E-state index is 13.4. The molecule has 2 fully saturated rings. The summed E-state index contributed by atoms with van der Waals surface area (Å²) in [6.45, 7) is 7.19. The molecule has 11 heteroatoms. The van der Waals surface area contributed by atoms with Crippen LogP contribution in [0.1, 0.15) is 55.7 Å². The van der Waals surface area contributed by atoms with E-state index in [1.807, 2.05) is 0 Å². The molecule has 39 heavy (non-hydrogen) atoms. The second-order valence-corrected chi connectivity index (χ2v) is 9.53. The number of morpholine rings is 1. The summed E-state index contributed by atoms with van der Waals surface area (Å²) in [6, 6.07) is 5.49. The molecule has 0 aliphatic carbocycles. The van der Waals surface area contributed by atoms with Crippen LogP contribution < -0.4 is 0 Å². The predicted octanol–water partition coefficient (Wildman–Crippen LogP) is 2.35. The van der Waals surface area contributed by atoms with Crippen LogP contribution in [0.15, 0.2) is 29.8 Å². The van der Waals surface area contributed by atoms with E-state index in [9.17, 15) is 24.3 Å². The Balaban J connectivity index is 1.76. The van der Waals surface area contributed by atoms with Gasteiger partial charge in [-0.15, -0.1) is 0 Å². The van der Waals surface area contributed by atoms with E-state index in [0.717, 1.165) is 19.6 Å². The number of hydrogen-bond acceptors (Lipinski definition) is 9. The minimum absolute atomic E-state index is 0.0844. The van der Waals surface area contributed by atoms with Crippen molar-refractivity contribution in [2.75, 3.05) is 53.6 Å². The summed E-state index contributed by atoms with van der Waals surface area (Å²) in [5.41, 5.74) is 2.03. The van der Waals surface area contributed by atoms with Gasteiger partial charge in [-0.25, -0.2) is 9.59 Å². The van der Waals surface area contributed by atoms with Gasteiger partial charge >= 0.3 is 11.9 Å². The van der Waals surface area contributed by atoms with Gasteiger partial charge < -0.3 is 29.2 Å². The highest BCUT2D eigenvalue weighted by Crippen LogP contribution is 2.41. The zero-order valence-corrected chi connectivity index (χ0v) is 22.5. The van der Waals surface area contributed by atoms with Crippen molar-refractivity contribution in [3.8, 4) is 0 Å². The lowest BCUT2D eigenvalue weighted by Crippen LogP contribution is -2.39. The van der Waals surface area contributed by atoms with Gasteiger partial charge in [0.25, 0.3) is 11.7 Å². The number of ketones is 1. The Kier molecular flexibility index (Phi) is 8.51. The monoisotopic (exact) mass is 539 g/mol. The van der Waals surface area contributed by atoms with Crippen molar-refractivity contribution in [2.24, 2.45) is 0 Å². The first kappa shape index (κ1) is 28.1. The lowest BCUT2D eigenvalue weighted by atomic mass is 9.93. The number of nitrogens with one attached hydrogen (secondary N) is 1. The van der Waals surface area contributed by atoms with Gasteiger partial charge in [0.2, 0.25) is 0 Å². The minimum Gasteiger partial charge on any atom is -0.507 e. The average Bonchev–Trinajstić information content (AvgIpc) is 3.39. The maximum Gasteiger partial charge on any atom is 0.354 e. The molecule has 11 nitrogen and oxygen atoms in total. The van der Waals surface area contributed by atoms with Crippen LogP contribution in [-0.4, -0.2) is 97.1 Å². The molecular formula is C28H33N3O8. The number of Topliss-reactive ketones (excluding diaryl/α,β-unsaturated/α-hetero) is 1. The molecule has 1 unspecified atom stereocenters. The highest BCUT2D eigenvalue weighted by atomic mass is 16.5. The maximum atomic E-state index is 13.4. The Morgan fingerprint density at radius 3 is 2.28 bits per heavy atom. The molecule has 0 bridgehead atoms. The van der Waals surface area contributed by atoms with Crippen LogP contribution in [-0.2, 0) is 23.8 Å². The van der Waals surface area contributed by atoms with Crippen molar-refractivity contribution in [2.45, 2.75) is 26.3 Å². The number of amides is 1. The first-order valence-corrected chi connectivity index (χ1v) is 12.7. The Labute approximate surface area is 226 Å². The number of carbonyl (C=O) groups is 4. The predicted molar refractivity (Wildman–Crippen MR) is 140 cm³/mol. The number of aromatic nitrogens is 1. The van der Waals surface area contributed by atoms with E-state index >= 15 is 0 Å². The van der Waals surface area contributed by atoms with Gasteiger partial charge in [-0.3, -0.25) is 14.5 Å². The van der Waals surface area contributed by atoms with Crippen LogP contribution in [0.25, 0.3) is 5.76 Å². The zero-order valence-electron chi connectivity index (χ0n) is 22.5. The summed E-state index contributed by atoms with van der Waals surface area (Å²) < 4.78 is 15.0. The Hall–Kier alpha value is -3.96. The number of nitrogens with zero attached hydrogens (tertiary/aromatic N) is 2. The molecule has 1 amide bonds. The number of benzene rings is 1. The molecule has 208 valence electrons. The number of aromatic amines is 1. The van der Waals surface area contributed by atoms with Crippen molar-refractivity contribution >= 4 is 29.4 Å². The number of aryl methyl sites for hydroxylation is 1. The van der Waals surface area contributed by atoms with Crippen LogP contribution in [0.2, 0.25) is 0 Å². The number of hydrogen-bond donors (Lipinski definition) is 2. The molecule has 2 aliphatic rings. The van der Waals surface area contributed by atoms with E-state index in [4.69, 9.17) is 14.2 Å². The molecule has 0 radical (unpaired) electrons. The first-order chi connectivity index (χ1) is 18.7. The number of aliphatic hydroxyl groups excluding tert-OH is 1. The van der Waals surface area contributed by atoms with Crippen molar-refractivity contribution in [3.63, 3.8) is 0 Å². The summed E-state index contributed by atoms with van der Waals surface area (Å²) in [4.78, 5) is 57.5. The van der Waals surface area contributed by atoms with Crippen molar-refractivity contribution in [1.82, 2.24) is 14.8 Å². The minimum atomic E-state index is -0.892. The molecule has 3 heterocycles. The van der Waals surface area contributed by atoms with E-state index in [1.54, 1.807) is 38.1 Å². The fraction of sp³-hybridized carbons (Fsp3) is 0.429. The number of carbonyl (C=O) groups excluding carboxylic acids is 4. The lowest BCUT2D eigenvalue weighted by Gasteiger charge is -2.29. The number of H-pyrrole nitrogens is 1. The summed E-state index contributed by atoms with van der Waals surface area (Å²) in [5, 5.41) is 11.5. The molecule has 4 rings (SSSR count). The quantitative estimate of drug-likeness (QED) is 0.224. The molecule has 0 spiro atoms. The SMILES string of the molecule is COC(=O)c1ccc(C2C(=C(O)c3c(C)[nH]c(C(=O)OC)c3C)C(=O)C(=O)N2CCCN2CCOCC2)cc1. The molecule has 2 aliphatic heterocycles. The number of esters is 2. The van der Waals surface area contributed by atoms with Gasteiger partial charge in [0.05, 0.1) is 44.6 Å². The summed E-state index contributed by atoms with van der Waals surface area (Å²) in [6.07, 6.45) is 0.610. The summed E-state index contributed by atoms with van der Waals surface area (Å²) in [5.74, 6) is -3.06. The lowest BCUT2D eigenvalue weighted by molar-refractivity contribution is -0.140. The summed E-state index contributed by atoms with van der Waals surface area (Å²) >= 11 is 0. The van der Waals surface area contributed by atoms with Crippen LogP contribution in [0.4, 0.5) is 0 Å². The molecule has 1 aromatic heterocycles. The van der Waals surface area contributed by atoms with Gasteiger partial charge in [0, 0.05) is 37.4 Å². The second kappa shape index (κ2) is 11.8.